The number of carbonyl (C=O) groups is 2. The van der Waals surface area contributed by atoms with Gasteiger partial charge in [0, 0.05) is 19.3 Å². The number of terminal acetylenes is 2. The Bertz CT molecular complexity index is 952. The molecule has 0 spiro atoms. The first-order valence-corrected chi connectivity index (χ1v) is 14.5. The maximum absolute atomic E-state index is 12.9. The Hall–Kier alpha value is -3.02. The van der Waals surface area contributed by atoms with Gasteiger partial charge < -0.3 is 14.6 Å². The number of ether oxygens (including phenoxy) is 2. The van der Waals surface area contributed by atoms with Crippen LogP contribution in [0.5, 0.6) is 0 Å². The van der Waals surface area contributed by atoms with E-state index in [1.165, 1.54) is 5.56 Å². The largest absolute Gasteiger partial charge is 0.463 e. The van der Waals surface area contributed by atoms with Gasteiger partial charge in [-0.05, 0) is 89.0 Å². The van der Waals surface area contributed by atoms with Gasteiger partial charge in [0.2, 0.25) is 0 Å². The van der Waals surface area contributed by atoms with E-state index in [0.717, 1.165) is 57.8 Å². The molecule has 1 saturated carbocycles. The van der Waals surface area contributed by atoms with Crippen LogP contribution in [0.25, 0.3) is 0 Å². The van der Waals surface area contributed by atoms with Crippen LogP contribution in [0.1, 0.15) is 90.0 Å². The molecule has 5 nitrogen and oxygen atoms in total. The molecule has 2 rings (SSSR count). The predicted octanol–water partition coefficient (Wildman–Crippen LogP) is 6.43. The molecule has 0 saturated heterocycles. The molecule has 0 amide bonds. The summed E-state index contributed by atoms with van der Waals surface area (Å²) in [6.45, 7) is 3.71. The Labute approximate surface area is 235 Å². The summed E-state index contributed by atoms with van der Waals surface area (Å²) in [6.07, 6.45) is 22.8. The molecule has 1 aliphatic carbocycles. The molecule has 1 aliphatic rings. The van der Waals surface area contributed by atoms with E-state index in [0.29, 0.717) is 12.3 Å². The topological polar surface area (TPSA) is 72.8 Å². The van der Waals surface area contributed by atoms with Gasteiger partial charge in [-0.1, -0.05) is 42.5 Å². The third-order valence-electron chi connectivity index (χ3n) is 7.43. The van der Waals surface area contributed by atoms with Gasteiger partial charge in [-0.15, -0.1) is 24.7 Å². The van der Waals surface area contributed by atoms with Crippen molar-refractivity contribution in [1.29, 1.82) is 0 Å². The smallest absolute Gasteiger partial charge is 0.311 e. The minimum Gasteiger partial charge on any atom is -0.463 e. The van der Waals surface area contributed by atoms with Crippen molar-refractivity contribution in [3.05, 3.63) is 48.0 Å². The van der Waals surface area contributed by atoms with Gasteiger partial charge in [0.15, 0.2) is 0 Å². The molecule has 39 heavy (non-hydrogen) atoms. The summed E-state index contributed by atoms with van der Waals surface area (Å²) >= 11 is 0. The van der Waals surface area contributed by atoms with Crippen molar-refractivity contribution in [3.8, 4) is 24.7 Å². The number of unbranched alkanes of at least 4 members (excludes halogenated alkanes) is 1. The standard InChI is InChI=1S/C34H46O5/c1-5-14-29(15-6-2)34(37)39-30(23-20-27-16-10-9-11-17-27)24-21-28-22-25-32(35)31(28)18-12-7-8-13-19-33(36)38-26(3)4/h1-2,7,9-12,16-17,26,28-32,35H,8,13-15,18-25H2,3-4H3/b12-7-/t28-,30-,31+,32-/m0/s1. The van der Waals surface area contributed by atoms with Gasteiger partial charge >= 0.3 is 11.9 Å². The Morgan fingerprint density at radius 1 is 1.05 bits per heavy atom. The number of carbonyl (C=O) groups excluding carboxylic acids is 2. The van der Waals surface area contributed by atoms with Gasteiger partial charge in [-0.25, -0.2) is 0 Å². The first-order valence-electron chi connectivity index (χ1n) is 14.5. The average Bonchev–Trinajstić information content (AvgIpc) is 3.26. The van der Waals surface area contributed by atoms with E-state index in [9.17, 15) is 14.7 Å². The van der Waals surface area contributed by atoms with Gasteiger partial charge in [0.1, 0.15) is 6.10 Å². The molecule has 1 aromatic rings. The molecule has 0 radical (unpaired) electrons. The van der Waals surface area contributed by atoms with Crippen molar-refractivity contribution >= 4 is 11.9 Å². The Kier molecular flexibility index (Phi) is 15.1. The second-order valence-corrected chi connectivity index (χ2v) is 10.9. The van der Waals surface area contributed by atoms with Crippen LogP contribution in [0.2, 0.25) is 0 Å². The first-order chi connectivity index (χ1) is 18.8. The fourth-order valence-electron chi connectivity index (χ4n) is 5.31. The number of esters is 2. The van der Waals surface area contributed by atoms with Gasteiger partial charge in [-0.3, -0.25) is 9.59 Å². The van der Waals surface area contributed by atoms with E-state index in [1.807, 2.05) is 32.0 Å². The van der Waals surface area contributed by atoms with Crippen LogP contribution in [0, 0.1) is 42.4 Å². The molecule has 1 fully saturated rings. The van der Waals surface area contributed by atoms with Gasteiger partial charge in [0.25, 0.3) is 0 Å². The van der Waals surface area contributed by atoms with Crippen LogP contribution in [0.4, 0.5) is 0 Å². The molecule has 5 heteroatoms. The molecule has 0 bridgehead atoms. The van der Waals surface area contributed by atoms with Crippen LogP contribution in [-0.2, 0) is 25.5 Å². The monoisotopic (exact) mass is 534 g/mol. The zero-order chi connectivity index (χ0) is 28.5. The van der Waals surface area contributed by atoms with Crippen LogP contribution >= 0.6 is 0 Å². The zero-order valence-electron chi connectivity index (χ0n) is 23.7. The molecule has 0 heterocycles. The quantitative estimate of drug-likeness (QED) is 0.108. The molecular weight excluding hydrogens is 488 g/mol. The number of aliphatic hydroxyl groups is 1. The van der Waals surface area contributed by atoms with E-state index < -0.39 is 5.92 Å². The van der Waals surface area contributed by atoms with Crippen molar-refractivity contribution in [2.75, 3.05) is 0 Å². The van der Waals surface area contributed by atoms with Crippen molar-refractivity contribution < 1.29 is 24.2 Å². The van der Waals surface area contributed by atoms with E-state index >= 15 is 0 Å². The SMILES string of the molecule is C#CCC(CC#C)C(=O)O[C@@H](CCc1ccccc1)CC[C@H]1CC[C@H](O)[C@@H]1C/C=C\CCCC(=O)OC(C)C. The second-order valence-electron chi connectivity index (χ2n) is 10.9. The number of rotatable bonds is 17. The normalized spacial score (nSPS) is 19.6. The van der Waals surface area contributed by atoms with E-state index in [2.05, 4.69) is 36.1 Å². The Morgan fingerprint density at radius 2 is 1.77 bits per heavy atom. The third-order valence-corrected chi connectivity index (χ3v) is 7.43. The number of aryl methyl sites for hydroxylation is 1. The minimum absolute atomic E-state index is 0.0809. The highest BCUT2D eigenvalue weighted by Crippen LogP contribution is 2.38. The number of hydrogen-bond donors (Lipinski definition) is 1. The van der Waals surface area contributed by atoms with Crippen LogP contribution in [0.3, 0.4) is 0 Å². The molecule has 1 N–H and O–H groups in total. The van der Waals surface area contributed by atoms with Crippen molar-refractivity contribution in [3.63, 3.8) is 0 Å². The first kappa shape index (κ1) is 32.2. The Balaban J connectivity index is 1.91. The second kappa shape index (κ2) is 18.3. The lowest BCUT2D eigenvalue weighted by Crippen LogP contribution is -2.26. The predicted molar refractivity (Wildman–Crippen MR) is 155 cm³/mol. The summed E-state index contributed by atoms with van der Waals surface area (Å²) in [4.78, 5) is 24.6. The maximum Gasteiger partial charge on any atom is 0.311 e. The molecule has 212 valence electrons. The molecule has 1 aromatic carbocycles. The number of hydrogen-bond acceptors (Lipinski definition) is 5. The average molecular weight is 535 g/mol. The van der Waals surface area contributed by atoms with Crippen LogP contribution in [0.15, 0.2) is 42.5 Å². The molecule has 4 atom stereocenters. The fourth-order valence-corrected chi connectivity index (χ4v) is 5.31. The summed E-state index contributed by atoms with van der Waals surface area (Å²) in [6, 6.07) is 10.2. The van der Waals surface area contributed by atoms with Crippen molar-refractivity contribution in [2.24, 2.45) is 17.8 Å². The summed E-state index contributed by atoms with van der Waals surface area (Å²) in [7, 11) is 0. The summed E-state index contributed by atoms with van der Waals surface area (Å²) in [5.41, 5.74) is 1.21. The van der Waals surface area contributed by atoms with Crippen molar-refractivity contribution in [2.45, 2.75) is 109 Å². The summed E-state index contributed by atoms with van der Waals surface area (Å²) in [5.74, 6) is 4.70. The highest BCUT2D eigenvalue weighted by molar-refractivity contribution is 5.73. The lowest BCUT2D eigenvalue weighted by Gasteiger charge is -2.25. The number of benzene rings is 1. The van der Waals surface area contributed by atoms with Crippen LogP contribution in [-0.4, -0.2) is 35.4 Å². The zero-order valence-corrected chi connectivity index (χ0v) is 23.7. The van der Waals surface area contributed by atoms with Gasteiger partial charge in [0.05, 0.1) is 18.1 Å². The lowest BCUT2D eigenvalue weighted by atomic mass is 9.86. The highest BCUT2D eigenvalue weighted by atomic mass is 16.5. The minimum atomic E-state index is -0.474. The van der Waals surface area contributed by atoms with Crippen molar-refractivity contribution in [1.82, 2.24) is 0 Å². The Morgan fingerprint density at radius 3 is 2.44 bits per heavy atom. The maximum atomic E-state index is 12.9. The molecule has 0 aromatic heterocycles. The van der Waals surface area contributed by atoms with Crippen LogP contribution < -0.4 is 0 Å². The number of allylic oxidation sites excluding steroid dienone is 2. The number of aliphatic hydroxyl groups excluding tert-OH is 1. The fraction of sp³-hybridized carbons (Fsp3) is 0.588. The summed E-state index contributed by atoms with van der Waals surface area (Å²) < 4.78 is 11.2. The molecular formula is C34H46O5. The molecule has 0 aliphatic heterocycles. The van der Waals surface area contributed by atoms with Gasteiger partial charge in [-0.2, -0.15) is 0 Å². The molecule has 0 unspecified atom stereocenters. The highest BCUT2D eigenvalue weighted by Gasteiger charge is 2.34. The van der Waals surface area contributed by atoms with E-state index in [4.69, 9.17) is 22.3 Å². The van der Waals surface area contributed by atoms with E-state index in [-0.39, 0.29) is 49.0 Å². The third kappa shape index (κ3) is 12.6. The summed E-state index contributed by atoms with van der Waals surface area (Å²) in [5, 5.41) is 10.7. The lowest BCUT2D eigenvalue weighted by molar-refractivity contribution is -0.154. The van der Waals surface area contributed by atoms with E-state index in [1.54, 1.807) is 0 Å².